The Morgan fingerprint density at radius 3 is 2.38 bits per heavy atom. The number of nitrogens with zero attached hydrogens (tertiary/aromatic N) is 1. The van der Waals surface area contributed by atoms with Crippen molar-refractivity contribution in [3.63, 3.8) is 0 Å². The molecule has 0 saturated heterocycles. The summed E-state index contributed by atoms with van der Waals surface area (Å²) in [5, 5.41) is 9.38. The summed E-state index contributed by atoms with van der Waals surface area (Å²) in [5.74, 6) is -0.317. The Hall–Kier alpha value is -1.55. The summed E-state index contributed by atoms with van der Waals surface area (Å²) in [6.45, 7) is 1.66. The Kier molecular flexibility index (Phi) is 3.55. The van der Waals surface area contributed by atoms with Crippen LogP contribution in [-0.4, -0.2) is 37.2 Å². The lowest BCUT2D eigenvalue weighted by atomic mass is 9.90. The van der Waals surface area contributed by atoms with Gasteiger partial charge >= 0.3 is 5.97 Å². The van der Waals surface area contributed by atoms with Crippen molar-refractivity contribution in [3.8, 4) is 5.75 Å². The van der Waals surface area contributed by atoms with Crippen LogP contribution in [0.3, 0.4) is 0 Å². The lowest BCUT2D eigenvalue weighted by molar-refractivity contribution is -0.149. The Morgan fingerprint density at radius 1 is 1.38 bits per heavy atom. The molecule has 0 amide bonds. The second-order valence-electron chi connectivity index (χ2n) is 3.97. The highest BCUT2D eigenvalue weighted by Crippen LogP contribution is 2.33. The quantitative estimate of drug-likeness (QED) is 0.841. The fourth-order valence-electron chi connectivity index (χ4n) is 1.59. The van der Waals surface area contributed by atoms with Gasteiger partial charge in [-0.3, -0.25) is 4.90 Å². The van der Waals surface area contributed by atoms with Crippen LogP contribution in [0.4, 0.5) is 0 Å². The van der Waals surface area contributed by atoms with Gasteiger partial charge in [0.1, 0.15) is 11.3 Å². The molecule has 16 heavy (non-hydrogen) atoms. The highest BCUT2D eigenvalue weighted by Gasteiger charge is 2.39. The predicted octanol–water partition coefficient (Wildman–Crippen LogP) is 1.56. The molecule has 1 aromatic rings. The van der Waals surface area contributed by atoms with Gasteiger partial charge in [-0.2, -0.15) is 0 Å². The maximum atomic E-state index is 11.4. The van der Waals surface area contributed by atoms with Gasteiger partial charge in [-0.1, -0.05) is 18.2 Å². The molecule has 0 saturated carbocycles. The average Bonchev–Trinajstić information content (AvgIpc) is 2.27. The van der Waals surface area contributed by atoms with Gasteiger partial charge in [-0.25, -0.2) is 4.79 Å². The van der Waals surface area contributed by atoms with Crippen LogP contribution in [0.2, 0.25) is 0 Å². The summed E-state index contributed by atoms with van der Waals surface area (Å²) in [6.07, 6.45) is 0. The van der Waals surface area contributed by atoms with E-state index in [2.05, 4.69) is 0 Å². The first-order valence-electron chi connectivity index (χ1n) is 4.99. The van der Waals surface area contributed by atoms with Crippen LogP contribution in [0.25, 0.3) is 0 Å². The van der Waals surface area contributed by atoms with Crippen LogP contribution in [0.15, 0.2) is 24.3 Å². The molecule has 1 N–H and O–H groups in total. The molecule has 0 aliphatic carbocycles. The van der Waals surface area contributed by atoms with Crippen molar-refractivity contribution in [2.45, 2.75) is 12.5 Å². The number of hydrogen-bond donors (Lipinski definition) is 1. The van der Waals surface area contributed by atoms with E-state index in [-0.39, 0.29) is 0 Å². The number of para-hydroxylation sites is 1. The van der Waals surface area contributed by atoms with Crippen molar-refractivity contribution < 1.29 is 14.6 Å². The molecule has 1 atom stereocenters. The average molecular weight is 223 g/mol. The molecule has 0 radical (unpaired) electrons. The Balaban J connectivity index is 3.37. The second-order valence-corrected chi connectivity index (χ2v) is 3.97. The van der Waals surface area contributed by atoms with Crippen LogP contribution in [0, 0.1) is 0 Å². The predicted molar refractivity (Wildman–Crippen MR) is 61.7 cm³/mol. The van der Waals surface area contributed by atoms with Crippen molar-refractivity contribution in [1.29, 1.82) is 0 Å². The van der Waals surface area contributed by atoms with Crippen LogP contribution in [0.5, 0.6) is 5.75 Å². The topological polar surface area (TPSA) is 49.8 Å². The van der Waals surface area contributed by atoms with E-state index >= 15 is 0 Å². The number of rotatable bonds is 4. The molecule has 0 unspecified atom stereocenters. The second kappa shape index (κ2) is 4.53. The van der Waals surface area contributed by atoms with Gasteiger partial charge in [-0.15, -0.1) is 0 Å². The summed E-state index contributed by atoms with van der Waals surface area (Å²) < 4.78 is 5.20. The number of aliphatic carboxylic acids is 1. The number of carboxylic acid groups (broad SMARTS) is 1. The maximum absolute atomic E-state index is 11.4. The van der Waals surface area contributed by atoms with Gasteiger partial charge in [-0.05, 0) is 27.1 Å². The summed E-state index contributed by atoms with van der Waals surface area (Å²) in [5.41, 5.74) is -0.443. The normalized spacial score (nSPS) is 14.6. The molecule has 0 aromatic heterocycles. The molecule has 0 heterocycles. The molecule has 4 heteroatoms. The zero-order valence-corrected chi connectivity index (χ0v) is 10.0. The Morgan fingerprint density at radius 2 is 1.94 bits per heavy atom. The summed E-state index contributed by atoms with van der Waals surface area (Å²) in [7, 11) is 5.01. The van der Waals surface area contributed by atoms with Gasteiger partial charge in [0.15, 0.2) is 0 Å². The zero-order valence-electron chi connectivity index (χ0n) is 10.0. The van der Waals surface area contributed by atoms with Crippen molar-refractivity contribution in [2.24, 2.45) is 0 Å². The minimum absolute atomic E-state index is 0.584. The SMILES string of the molecule is COc1ccccc1[C@](C)(C(=O)O)N(C)C. The van der Waals surface area contributed by atoms with Gasteiger partial charge in [0.2, 0.25) is 0 Å². The Bertz CT molecular complexity index is 390. The smallest absolute Gasteiger partial charge is 0.328 e. The van der Waals surface area contributed by atoms with E-state index in [1.165, 1.54) is 7.11 Å². The minimum Gasteiger partial charge on any atom is -0.496 e. The van der Waals surface area contributed by atoms with Crippen molar-refractivity contribution in [2.75, 3.05) is 21.2 Å². The molecule has 1 aromatic carbocycles. The van der Waals surface area contributed by atoms with E-state index in [0.29, 0.717) is 11.3 Å². The minimum atomic E-state index is -1.09. The molecule has 0 spiro atoms. The number of likely N-dealkylation sites (N-methyl/N-ethyl adjacent to an activating group) is 1. The van der Waals surface area contributed by atoms with Crippen molar-refractivity contribution >= 4 is 5.97 Å². The van der Waals surface area contributed by atoms with E-state index in [0.717, 1.165) is 0 Å². The number of ether oxygens (including phenoxy) is 1. The first kappa shape index (κ1) is 12.5. The summed E-state index contributed by atoms with van der Waals surface area (Å²) in [6, 6.07) is 7.16. The van der Waals surface area contributed by atoms with E-state index in [1.807, 2.05) is 12.1 Å². The number of carboxylic acids is 1. The summed E-state index contributed by atoms with van der Waals surface area (Å²) >= 11 is 0. The largest absolute Gasteiger partial charge is 0.496 e. The highest BCUT2D eigenvalue weighted by molar-refractivity contribution is 5.81. The lowest BCUT2D eigenvalue weighted by Gasteiger charge is -2.33. The molecular weight excluding hydrogens is 206 g/mol. The zero-order chi connectivity index (χ0) is 12.3. The molecule has 0 bridgehead atoms. The van der Waals surface area contributed by atoms with Gasteiger partial charge in [0.05, 0.1) is 7.11 Å². The molecular formula is C12H17NO3. The monoisotopic (exact) mass is 223 g/mol. The number of benzene rings is 1. The standard InChI is InChI=1S/C12H17NO3/c1-12(11(14)15,13(2)3)9-7-5-6-8-10(9)16-4/h5-8H,1-4H3,(H,14,15)/t12-/m1/s1. The van der Waals surface area contributed by atoms with E-state index < -0.39 is 11.5 Å². The summed E-state index contributed by atoms with van der Waals surface area (Å²) in [4.78, 5) is 13.1. The van der Waals surface area contributed by atoms with Gasteiger partial charge in [0, 0.05) is 5.56 Å². The van der Waals surface area contributed by atoms with Crippen LogP contribution < -0.4 is 4.74 Å². The van der Waals surface area contributed by atoms with E-state index in [1.54, 1.807) is 38.1 Å². The van der Waals surface area contributed by atoms with Crippen LogP contribution in [0.1, 0.15) is 12.5 Å². The van der Waals surface area contributed by atoms with E-state index in [9.17, 15) is 9.90 Å². The Labute approximate surface area is 95.5 Å². The van der Waals surface area contributed by atoms with Crippen molar-refractivity contribution in [3.05, 3.63) is 29.8 Å². The van der Waals surface area contributed by atoms with Crippen LogP contribution in [-0.2, 0) is 10.3 Å². The fourth-order valence-corrected chi connectivity index (χ4v) is 1.59. The van der Waals surface area contributed by atoms with Crippen LogP contribution >= 0.6 is 0 Å². The molecule has 0 aliphatic rings. The molecule has 4 nitrogen and oxygen atoms in total. The first-order valence-corrected chi connectivity index (χ1v) is 4.99. The molecule has 0 fully saturated rings. The van der Waals surface area contributed by atoms with Gasteiger partial charge in [0.25, 0.3) is 0 Å². The highest BCUT2D eigenvalue weighted by atomic mass is 16.5. The molecule has 1 rings (SSSR count). The third kappa shape index (κ3) is 1.88. The third-order valence-corrected chi connectivity index (χ3v) is 2.94. The maximum Gasteiger partial charge on any atom is 0.328 e. The molecule has 88 valence electrons. The fraction of sp³-hybridized carbons (Fsp3) is 0.417. The van der Waals surface area contributed by atoms with Crippen molar-refractivity contribution in [1.82, 2.24) is 4.90 Å². The van der Waals surface area contributed by atoms with E-state index in [4.69, 9.17) is 4.74 Å². The lowest BCUT2D eigenvalue weighted by Crippen LogP contribution is -2.45. The number of methoxy groups -OCH3 is 1. The number of hydrogen-bond acceptors (Lipinski definition) is 3. The third-order valence-electron chi connectivity index (χ3n) is 2.94. The first-order chi connectivity index (χ1) is 7.44. The molecule has 0 aliphatic heterocycles. The van der Waals surface area contributed by atoms with Gasteiger partial charge < -0.3 is 9.84 Å². The number of carbonyl (C=O) groups is 1.